The van der Waals surface area contributed by atoms with Gasteiger partial charge in [-0.1, -0.05) is 0 Å². The minimum atomic E-state index is -4.71. The number of carboxylic acid groups (broad SMARTS) is 1. The predicted molar refractivity (Wildman–Crippen MR) is 63.7 cm³/mol. The van der Waals surface area contributed by atoms with E-state index < -0.39 is 40.3 Å². The number of hydrogen-bond acceptors (Lipinski definition) is 3. The quantitative estimate of drug-likeness (QED) is 0.772. The van der Waals surface area contributed by atoms with Gasteiger partial charge in [0.05, 0.1) is 5.41 Å². The van der Waals surface area contributed by atoms with Crippen molar-refractivity contribution in [1.29, 1.82) is 0 Å². The zero-order valence-electron chi connectivity index (χ0n) is 10.6. The lowest BCUT2D eigenvalue weighted by molar-refractivity contribution is -0.143. The maximum atomic E-state index is 12.4. The smallest absolute Gasteiger partial charge is 0.431 e. The molecule has 0 spiro atoms. The molecule has 0 atom stereocenters. The van der Waals surface area contributed by atoms with Crippen LogP contribution in [0.2, 0.25) is 0 Å². The highest BCUT2D eigenvalue weighted by molar-refractivity contribution is 5.94. The Hall–Kier alpha value is -2.32. The molecule has 1 saturated carbocycles. The summed E-state index contributed by atoms with van der Waals surface area (Å²) >= 11 is 0. The Morgan fingerprint density at radius 3 is 2.38 bits per heavy atom. The summed E-state index contributed by atoms with van der Waals surface area (Å²) in [6.07, 6.45) is -3.90. The first-order chi connectivity index (χ1) is 9.66. The number of halogens is 3. The molecule has 1 heterocycles. The molecule has 0 aromatic carbocycles. The molecule has 9 heteroatoms. The van der Waals surface area contributed by atoms with Crippen LogP contribution in [0.1, 0.15) is 28.9 Å². The second-order valence-corrected chi connectivity index (χ2v) is 4.88. The third kappa shape index (κ3) is 3.06. The summed E-state index contributed by atoms with van der Waals surface area (Å²) in [6, 6.07) is 1.34. The Labute approximate surface area is 116 Å². The third-order valence-electron chi connectivity index (χ3n) is 3.35. The molecule has 2 rings (SSSR count). The van der Waals surface area contributed by atoms with Crippen molar-refractivity contribution in [2.75, 3.05) is 6.54 Å². The van der Waals surface area contributed by atoms with Crippen LogP contribution < -0.4 is 10.9 Å². The third-order valence-corrected chi connectivity index (χ3v) is 3.35. The first-order valence-corrected chi connectivity index (χ1v) is 5.98. The molecule has 1 aromatic rings. The van der Waals surface area contributed by atoms with Crippen molar-refractivity contribution in [3.8, 4) is 0 Å². The molecule has 0 aliphatic heterocycles. The van der Waals surface area contributed by atoms with Crippen molar-refractivity contribution in [3.05, 3.63) is 33.7 Å². The van der Waals surface area contributed by atoms with Gasteiger partial charge < -0.3 is 15.4 Å². The zero-order chi connectivity index (χ0) is 15.8. The van der Waals surface area contributed by atoms with E-state index in [0.29, 0.717) is 18.9 Å². The topological polar surface area (TPSA) is 99.3 Å². The zero-order valence-corrected chi connectivity index (χ0v) is 10.6. The lowest BCUT2D eigenvalue weighted by Gasteiger charge is -2.11. The number of carboxylic acids is 1. The Kier molecular flexibility index (Phi) is 3.52. The van der Waals surface area contributed by atoms with Gasteiger partial charge in [0.25, 0.3) is 11.5 Å². The monoisotopic (exact) mass is 304 g/mol. The first-order valence-electron chi connectivity index (χ1n) is 5.98. The summed E-state index contributed by atoms with van der Waals surface area (Å²) < 4.78 is 37.1. The van der Waals surface area contributed by atoms with Gasteiger partial charge in [-0.25, -0.2) is 0 Å². The second-order valence-electron chi connectivity index (χ2n) is 4.88. The number of pyridine rings is 1. The number of aromatic nitrogens is 1. The first kappa shape index (κ1) is 15.1. The molecule has 1 aliphatic carbocycles. The summed E-state index contributed by atoms with van der Waals surface area (Å²) in [7, 11) is 0. The van der Waals surface area contributed by atoms with Gasteiger partial charge in [0.1, 0.15) is 11.3 Å². The fourth-order valence-corrected chi connectivity index (χ4v) is 1.78. The maximum absolute atomic E-state index is 12.4. The van der Waals surface area contributed by atoms with Crippen LogP contribution in [-0.2, 0) is 11.0 Å². The fourth-order valence-electron chi connectivity index (χ4n) is 1.78. The highest BCUT2D eigenvalue weighted by Gasteiger charge is 2.50. The number of carbonyl (C=O) groups excluding carboxylic acids is 1. The number of H-pyrrole nitrogens is 1. The van der Waals surface area contributed by atoms with Gasteiger partial charge in [0, 0.05) is 6.54 Å². The fraction of sp³-hybridized carbons (Fsp3) is 0.417. The Morgan fingerprint density at radius 1 is 1.33 bits per heavy atom. The van der Waals surface area contributed by atoms with Gasteiger partial charge in [-0.15, -0.1) is 0 Å². The predicted octanol–water partition coefficient (Wildman–Crippen LogP) is 0.988. The van der Waals surface area contributed by atoms with E-state index in [1.54, 1.807) is 4.98 Å². The van der Waals surface area contributed by atoms with E-state index in [2.05, 4.69) is 5.32 Å². The second kappa shape index (κ2) is 4.90. The minimum Gasteiger partial charge on any atom is -0.481 e. The van der Waals surface area contributed by atoms with Gasteiger partial charge >= 0.3 is 12.1 Å². The number of nitrogens with one attached hydrogen (secondary N) is 2. The number of amides is 1. The molecule has 3 N–H and O–H groups in total. The van der Waals surface area contributed by atoms with Crippen LogP contribution in [0.3, 0.4) is 0 Å². The van der Waals surface area contributed by atoms with Crippen molar-refractivity contribution >= 4 is 11.9 Å². The molecule has 0 radical (unpaired) electrons. The van der Waals surface area contributed by atoms with E-state index >= 15 is 0 Å². The normalized spacial score (nSPS) is 16.3. The summed E-state index contributed by atoms with van der Waals surface area (Å²) in [6.45, 7) is -0.165. The minimum absolute atomic E-state index is 0.165. The van der Waals surface area contributed by atoms with Crippen molar-refractivity contribution in [1.82, 2.24) is 10.3 Å². The summed E-state index contributed by atoms with van der Waals surface area (Å²) in [4.78, 5) is 35.7. The molecule has 1 aliphatic rings. The van der Waals surface area contributed by atoms with Crippen LogP contribution in [0, 0.1) is 5.41 Å². The molecule has 6 nitrogen and oxygen atoms in total. The van der Waals surface area contributed by atoms with Crippen molar-refractivity contribution < 1.29 is 27.9 Å². The van der Waals surface area contributed by atoms with Crippen LogP contribution >= 0.6 is 0 Å². The van der Waals surface area contributed by atoms with E-state index in [0.717, 1.165) is 6.07 Å². The molecule has 1 aromatic heterocycles. The lowest BCUT2D eigenvalue weighted by atomic mass is 10.1. The highest BCUT2D eigenvalue weighted by atomic mass is 19.4. The van der Waals surface area contributed by atoms with Crippen LogP contribution in [0.15, 0.2) is 16.9 Å². The number of aromatic amines is 1. The molecule has 21 heavy (non-hydrogen) atoms. The Bertz CT molecular complexity index is 647. The average molecular weight is 304 g/mol. The number of hydrogen-bond donors (Lipinski definition) is 3. The lowest BCUT2D eigenvalue weighted by Crippen LogP contribution is -2.37. The van der Waals surface area contributed by atoms with E-state index in [1.807, 2.05) is 0 Å². The van der Waals surface area contributed by atoms with Gasteiger partial charge in [-0.05, 0) is 25.0 Å². The number of carbonyl (C=O) groups is 2. The molecule has 1 fully saturated rings. The van der Waals surface area contributed by atoms with E-state index in [1.165, 1.54) is 0 Å². The maximum Gasteiger partial charge on any atom is 0.431 e. The van der Waals surface area contributed by atoms with E-state index in [9.17, 15) is 27.6 Å². The molecule has 0 saturated heterocycles. The highest BCUT2D eigenvalue weighted by Crippen LogP contribution is 2.45. The molecule has 1 amide bonds. The van der Waals surface area contributed by atoms with E-state index in [4.69, 9.17) is 5.11 Å². The van der Waals surface area contributed by atoms with Crippen LogP contribution in [0.4, 0.5) is 13.2 Å². The van der Waals surface area contributed by atoms with Gasteiger partial charge in [0.15, 0.2) is 0 Å². The largest absolute Gasteiger partial charge is 0.481 e. The van der Waals surface area contributed by atoms with Crippen molar-refractivity contribution in [3.63, 3.8) is 0 Å². The Morgan fingerprint density at radius 2 is 1.95 bits per heavy atom. The summed E-state index contributed by atoms with van der Waals surface area (Å²) in [5.41, 5.74) is -3.95. The number of aliphatic carboxylic acids is 1. The summed E-state index contributed by atoms with van der Waals surface area (Å²) in [5, 5.41) is 11.2. The summed E-state index contributed by atoms with van der Waals surface area (Å²) in [5.74, 6) is -1.96. The standard InChI is InChI=1S/C12H11F3N2O4/c13-12(14,15)7-2-1-6(9(19)17-7)8(18)16-5-11(3-4-11)10(20)21/h1-2H,3-5H2,(H,16,18)(H,17,19)(H,20,21). The van der Waals surface area contributed by atoms with Gasteiger partial charge in [-0.3, -0.25) is 14.4 Å². The number of rotatable bonds is 4. The Balaban J connectivity index is 2.10. The molecule has 0 bridgehead atoms. The van der Waals surface area contributed by atoms with E-state index in [-0.39, 0.29) is 6.54 Å². The van der Waals surface area contributed by atoms with Crippen molar-refractivity contribution in [2.45, 2.75) is 19.0 Å². The van der Waals surface area contributed by atoms with Gasteiger partial charge in [0.2, 0.25) is 0 Å². The van der Waals surface area contributed by atoms with Crippen LogP contribution in [0.25, 0.3) is 0 Å². The molecular weight excluding hydrogens is 293 g/mol. The number of alkyl halides is 3. The van der Waals surface area contributed by atoms with Gasteiger partial charge in [-0.2, -0.15) is 13.2 Å². The van der Waals surface area contributed by atoms with Crippen molar-refractivity contribution in [2.24, 2.45) is 5.41 Å². The average Bonchev–Trinajstić information content (AvgIpc) is 3.16. The molecular formula is C12H11F3N2O4. The molecule has 0 unspecified atom stereocenters. The molecule has 114 valence electrons. The SMILES string of the molecule is O=C(NCC1(C(=O)O)CC1)c1ccc(C(F)(F)F)[nH]c1=O. The van der Waals surface area contributed by atoms with Crippen LogP contribution in [0.5, 0.6) is 0 Å². The van der Waals surface area contributed by atoms with Crippen LogP contribution in [-0.4, -0.2) is 28.5 Å².